The molecule has 4 rings (SSSR count). The van der Waals surface area contributed by atoms with E-state index in [0.29, 0.717) is 23.7 Å². The number of phenols is 1. The van der Waals surface area contributed by atoms with Crippen molar-refractivity contribution in [1.29, 1.82) is 0 Å². The lowest BCUT2D eigenvalue weighted by molar-refractivity contribution is 0.0922. The SMILES string of the molecule is O=S(=O)(O)c1cccc(CC2COc3cscc3O2)c1O.c1ccncc1. The zero-order chi connectivity index (χ0) is 19.3. The predicted molar refractivity (Wildman–Crippen MR) is 100 cm³/mol. The highest BCUT2D eigenvalue weighted by Gasteiger charge is 2.25. The number of ether oxygens (including phenoxy) is 2. The third-order valence-corrected chi connectivity index (χ3v) is 5.27. The molecule has 3 heterocycles. The van der Waals surface area contributed by atoms with E-state index in [2.05, 4.69) is 4.98 Å². The first-order valence-electron chi connectivity index (χ1n) is 7.94. The number of pyridine rings is 1. The molecule has 0 bridgehead atoms. The third-order valence-electron chi connectivity index (χ3n) is 3.69. The zero-order valence-electron chi connectivity index (χ0n) is 14.1. The number of fused-ring (bicyclic) bond motifs is 1. The Morgan fingerprint density at radius 1 is 1.11 bits per heavy atom. The van der Waals surface area contributed by atoms with E-state index in [1.54, 1.807) is 18.5 Å². The fourth-order valence-electron chi connectivity index (χ4n) is 2.46. The summed E-state index contributed by atoms with van der Waals surface area (Å²) >= 11 is 1.46. The lowest BCUT2D eigenvalue weighted by atomic mass is 10.1. The van der Waals surface area contributed by atoms with Crippen LogP contribution in [-0.2, 0) is 16.5 Å². The molecule has 1 atom stereocenters. The Bertz CT molecular complexity index is 961. The van der Waals surface area contributed by atoms with Gasteiger partial charge in [0.15, 0.2) is 11.5 Å². The Morgan fingerprint density at radius 3 is 2.48 bits per heavy atom. The molecule has 3 aromatic rings. The van der Waals surface area contributed by atoms with Gasteiger partial charge in [-0.3, -0.25) is 9.54 Å². The van der Waals surface area contributed by atoms with Gasteiger partial charge in [-0.2, -0.15) is 8.42 Å². The molecule has 0 spiro atoms. The maximum atomic E-state index is 11.2. The van der Waals surface area contributed by atoms with Crippen LogP contribution in [-0.4, -0.2) is 35.8 Å². The summed E-state index contributed by atoms with van der Waals surface area (Å²) in [4.78, 5) is 3.28. The van der Waals surface area contributed by atoms with Crippen molar-refractivity contribution < 1.29 is 27.6 Å². The molecule has 0 radical (unpaired) electrons. The topological polar surface area (TPSA) is 106 Å². The quantitative estimate of drug-likeness (QED) is 0.642. The van der Waals surface area contributed by atoms with Crippen LogP contribution in [0, 0.1) is 0 Å². The largest absolute Gasteiger partial charge is 0.506 e. The van der Waals surface area contributed by atoms with Crippen LogP contribution in [0.25, 0.3) is 0 Å². The highest BCUT2D eigenvalue weighted by atomic mass is 32.2. The molecular formula is C18H17NO6S2. The number of nitrogens with zero attached hydrogens (tertiary/aromatic N) is 1. The van der Waals surface area contributed by atoms with Gasteiger partial charge in [0.05, 0.1) is 0 Å². The van der Waals surface area contributed by atoms with Crippen LogP contribution in [0.5, 0.6) is 17.2 Å². The summed E-state index contributed by atoms with van der Waals surface area (Å²) in [5.74, 6) is 0.869. The van der Waals surface area contributed by atoms with Gasteiger partial charge in [-0.05, 0) is 23.8 Å². The van der Waals surface area contributed by atoms with Crippen molar-refractivity contribution in [2.75, 3.05) is 6.61 Å². The van der Waals surface area contributed by atoms with Crippen molar-refractivity contribution in [2.24, 2.45) is 0 Å². The van der Waals surface area contributed by atoms with Crippen LogP contribution in [0.4, 0.5) is 0 Å². The number of aromatic hydroxyl groups is 1. The Kier molecular flexibility index (Phi) is 5.94. The molecule has 1 aromatic carbocycles. The zero-order valence-corrected chi connectivity index (χ0v) is 15.7. The van der Waals surface area contributed by atoms with E-state index in [1.165, 1.54) is 17.4 Å². The molecule has 0 aliphatic carbocycles. The molecule has 27 heavy (non-hydrogen) atoms. The molecule has 1 unspecified atom stereocenters. The standard InChI is InChI=1S/C13H12O6S2.C5H5N/c14-13-8(2-1-3-12(13)21(15,16)17)4-9-5-18-10-6-20-7-11(10)19-9;1-2-4-6-5-3-1/h1-3,6-7,9,14H,4-5H2,(H,15,16,17);1-5H. The summed E-state index contributed by atoms with van der Waals surface area (Å²) in [6.45, 7) is 0.305. The average molecular weight is 407 g/mol. The fourth-order valence-corrected chi connectivity index (χ4v) is 3.76. The van der Waals surface area contributed by atoms with Crippen LogP contribution in [0.2, 0.25) is 0 Å². The molecule has 9 heteroatoms. The minimum absolute atomic E-state index is 0.268. The first-order chi connectivity index (χ1) is 12.9. The smallest absolute Gasteiger partial charge is 0.298 e. The summed E-state index contributed by atoms with van der Waals surface area (Å²) in [5, 5.41) is 13.6. The highest BCUT2D eigenvalue weighted by Crippen LogP contribution is 2.36. The van der Waals surface area contributed by atoms with Crippen molar-refractivity contribution in [3.8, 4) is 17.2 Å². The summed E-state index contributed by atoms with van der Waals surface area (Å²) in [6.07, 6.45) is 3.43. The van der Waals surface area contributed by atoms with Crippen LogP contribution in [0.1, 0.15) is 5.56 Å². The minimum atomic E-state index is -4.46. The van der Waals surface area contributed by atoms with E-state index >= 15 is 0 Å². The van der Waals surface area contributed by atoms with Crippen LogP contribution in [0.15, 0.2) is 64.4 Å². The number of para-hydroxylation sites is 1. The van der Waals surface area contributed by atoms with E-state index < -0.39 is 20.8 Å². The Balaban J connectivity index is 0.000000299. The Labute approximate surface area is 160 Å². The van der Waals surface area contributed by atoms with E-state index in [0.717, 1.165) is 6.07 Å². The van der Waals surface area contributed by atoms with Gasteiger partial charge >= 0.3 is 0 Å². The molecule has 0 amide bonds. The van der Waals surface area contributed by atoms with Gasteiger partial charge in [-0.1, -0.05) is 18.2 Å². The van der Waals surface area contributed by atoms with Crippen molar-refractivity contribution >= 4 is 21.5 Å². The van der Waals surface area contributed by atoms with Gasteiger partial charge in [0.25, 0.3) is 10.1 Å². The fraction of sp³-hybridized carbons (Fsp3) is 0.167. The molecule has 0 saturated heterocycles. The molecule has 142 valence electrons. The average Bonchev–Trinajstić information content (AvgIpc) is 3.12. The lowest BCUT2D eigenvalue weighted by Crippen LogP contribution is -2.30. The van der Waals surface area contributed by atoms with Gasteiger partial charge in [0.1, 0.15) is 23.4 Å². The second-order valence-corrected chi connectivity index (χ2v) is 7.75. The number of hydrogen-bond acceptors (Lipinski definition) is 7. The van der Waals surface area contributed by atoms with Crippen LogP contribution >= 0.6 is 11.3 Å². The number of phenolic OH excluding ortho intramolecular Hbond substituents is 1. The van der Waals surface area contributed by atoms with Crippen molar-refractivity contribution in [3.63, 3.8) is 0 Å². The number of rotatable bonds is 3. The van der Waals surface area contributed by atoms with Gasteiger partial charge in [0.2, 0.25) is 0 Å². The Morgan fingerprint density at radius 2 is 1.85 bits per heavy atom. The summed E-state index contributed by atoms with van der Waals surface area (Å²) in [5.41, 5.74) is 0.373. The number of thiophene rings is 1. The van der Waals surface area contributed by atoms with E-state index in [9.17, 15) is 13.5 Å². The second-order valence-electron chi connectivity index (χ2n) is 5.62. The Hall–Kier alpha value is -2.62. The number of benzene rings is 1. The monoisotopic (exact) mass is 407 g/mol. The van der Waals surface area contributed by atoms with Gasteiger partial charge in [-0.15, -0.1) is 11.3 Å². The third kappa shape index (κ3) is 4.97. The van der Waals surface area contributed by atoms with Gasteiger partial charge < -0.3 is 14.6 Å². The van der Waals surface area contributed by atoms with E-state index in [-0.39, 0.29) is 12.5 Å². The number of hydrogen-bond donors (Lipinski definition) is 2. The predicted octanol–water partition coefficient (Wildman–Crippen LogP) is 3.16. The van der Waals surface area contributed by atoms with Crippen molar-refractivity contribution in [1.82, 2.24) is 4.98 Å². The normalized spacial score (nSPS) is 15.5. The highest BCUT2D eigenvalue weighted by molar-refractivity contribution is 7.86. The van der Waals surface area contributed by atoms with Crippen LogP contribution < -0.4 is 9.47 Å². The summed E-state index contributed by atoms with van der Waals surface area (Å²) in [6, 6.07) is 9.89. The molecule has 0 fully saturated rings. The van der Waals surface area contributed by atoms with Crippen LogP contribution in [0.3, 0.4) is 0 Å². The maximum Gasteiger partial charge on any atom is 0.298 e. The van der Waals surface area contributed by atoms with E-state index in [1.807, 2.05) is 29.0 Å². The molecule has 7 nitrogen and oxygen atoms in total. The van der Waals surface area contributed by atoms with Gasteiger partial charge in [0, 0.05) is 29.6 Å². The second kappa shape index (κ2) is 8.38. The summed E-state index contributed by atoms with van der Waals surface area (Å²) < 4.78 is 42.6. The molecule has 1 aliphatic rings. The van der Waals surface area contributed by atoms with E-state index in [4.69, 9.17) is 14.0 Å². The minimum Gasteiger partial charge on any atom is -0.506 e. The van der Waals surface area contributed by atoms with Crippen molar-refractivity contribution in [2.45, 2.75) is 17.4 Å². The molecule has 1 aliphatic heterocycles. The molecule has 0 saturated carbocycles. The van der Waals surface area contributed by atoms with Crippen molar-refractivity contribution in [3.05, 3.63) is 65.1 Å². The number of aromatic nitrogens is 1. The van der Waals surface area contributed by atoms with Gasteiger partial charge in [-0.25, -0.2) is 0 Å². The maximum absolute atomic E-state index is 11.2. The first-order valence-corrected chi connectivity index (χ1v) is 10.3. The molecular weight excluding hydrogens is 390 g/mol. The first kappa shape index (κ1) is 19.2. The molecule has 2 aromatic heterocycles. The molecule has 2 N–H and O–H groups in total. The lowest BCUT2D eigenvalue weighted by Gasteiger charge is -2.24. The summed E-state index contributed by atoms with van der Waals surface area (Å²) in [7, 11) is -4.46.